The van der Waals surface area contributed by atoms with E-state index in [0.717, 1.165) is 10.2 Å². The molecule has 0 aliphatic heterocycles. The minimum Gasteiger partial charge on any atom is -0.336 e. The summed E-state index contributed by atoms with van der Waals surface area (Å²) in [7, 11) is 0. The Morgan fingerprint density at radius 3 is 2.08 bits per heavy atom. The minimum atomic E-state index is -0.602. The van der Waals surface area contributed by atoms with Crippen LogP contribution in [-0.4, -0.2) is 11.6 Å². The molecule has 0 amide bonds. The Bertz CT molecular complexity index is 779. The first-order valence-corrected chi connectivity index (χ1v) is 9.07. The first-order valence-electron chi connectivity index (χ1n) is 7.52. The van der Waals surface area contributed by atoms with Crippen LogP contribution in [0.25, 0.3) is 0 Å². The smallest absolute Gasteiger partial charge is 0.205 e. The molecular weight excluding hydrogens is 425 g/mol. The number of anilines is 2. The predicted molar refractivity (Wildman–Crippen MR) is 110 cm³/mol. The summed E-state index contributed by atoms with van der Waals surface area (Å²) >= 11 is 15.4. The second-order valence-corrected chi connectivity index (χ2v) is 8.23. The standard InChI is InChI=1S/C18H18BrCl2N3O/c1-18(2,3)16(25)17(22-15-9-12(20)8-13(21)10-15)24-23-14-6-4-11(19)5-7-14/h4-10,23H,1-3H3,(H,22,24). The van der Waals surface area contributed by atoms with Crippen LogP contribution in [0.5, 0.6) is 0 Å². The van der Waals surface area contributed by atoms with E-state index in [1.165, 1.54) is 0 Å². The predicted octanol–water partition coefficient (Wildman–Crippen LogP) is 6.21. The van der Waals surface area contributed by atoms with Crippen molar-refractivity contribution >= 4 is 62.1 Å². The highest BCUT2D eigenvalue weighted by atomic mass is 79.9. The molecule has 2 aromatic carbocycles. The number of carbonyl (C=O) groups excluding carboxylic acids is 1. The lowest BCUT2D eigenvalue weighted by Crippen LogP contribution is -2.34. The number of hydrogen-bond acceptors (Lipinski definition) is 3. The van der Waals surface area contributed by atoms with E-state index in [2.05, 4.69) is 31.8 Å². The van der Waals surface area contributed by atoms with Crippen LogP contribution in [0.2, 0.25) is 10.0 Å². The molecule has 0 aliphatic carbocycles. The Balaban J connectivity index is 2.30. The zero-order valence-electron chi connectivity index (χ0n) is 14.0. The number of benzene rings is 2. The van der Waals surface area contributed by atoms with Gasteiger partial charge in [-0.25, -0.2) is 0 Å². The third-order valence-corrected chi connectivity index (χ3v) is 4.13. The summed E-state index contributed by atoms with van der Waals surface area (Å²) < 4.78 is 0.958. The lowest BCUT2D eigenvalue weighted by molar-refractivity contribution is -0.119. The molecule has 2 aromatic rings. The van der Waals surface area contributed by atoms with E-state index < -0.39 is 5.41 Å². The number of ketones is 1. The summed E-state index contributed by atoms with van der Waals surface area (Å²) in [5, 5.41) is 8.20. The lowest BCUT2D eigenvalue weighted by atomic mass is 9.90. The fourth-order valence-electron chi connectivity index (χ4n) is 1.90. The Morgan fingerprint density at radius 1 is 1.00 bits per heavy atom. The number of hydrazone groups is 1. The van der Waals surface area contributed by atoms with Gasteiger partial charge in [0.2, 0.25) is 5.78 Å². The van der Waals surface area contributed by atoms with Gasteiger partial charge in [0.25, 0.3) is 0 Å². The van der Waals surface area contributed by atoms with Gasteiger partial charge in [0.1, 0.15) is 0 Å². The molecule has 7 heteroatoms. The van der Waals surface area contributed by atoms with Crippen molar-refractivity contribution in [1.29, 1.82) is 0 Å². The van der Waals surface area contributed by atoms with Gasteiger partial charge in [-0.05, 0) is 42.5 Å². The van der Waals surface area contributed by atoms with Crippen LogP contribution in [0.15, 0.2) is 52.0 Å². The van der Waals surface area contributed by atoms with Gasteiger partial charge in [-0.15, -0.1) is 0 Å². The van der Waals surface area contributed by atoms with Gasteiger partial charge >= 0.3 is 0 Å². The lowest BCUT2D eigenvalue weighted by Gasteiger charge is -2.19. The highest BCUT2D eigenvalue weighted by Crippen LogP contribution is 2.24. The molecule has 4 nitrogen and oxygen atoms in total. The van der Waals surface area contributed by atoms with Gasteiger partial charge in [-0.3, -0.25) is 10.2 Å². The van der Waals surface area contributed by atoms with Crippen molar-refractivity contribution in [3.8, 4) is 0 Å². The zero-order chi connectivity index (χ0) is 18.6. The third-order valence-electron chi connectivity index (χ3n) is 3.16. The molecule has 0 aromatic heterocycles. The summed E-state index contributed by atoms with van der Waals surface area (Å²) in [6, 6.07) is 12.4. The molecule has 2 rings (SSSR count). The second-order valence-electron chi connectivity index (χ2n) is 6.44. The largest absolute Gasteiger partial charge is 0.336 e. The van der Waals surface area contributed by atoms with Crippen molar-refractivity contribution in [3.05, 3.63) is 57.0 Å². The van der Waals surface area contributed by atoms with E-state index >= 15 is 0 Å². The Hall–Kier alpha value is -1.56. The summed E-state index contributed by atoms with van der Waals surface area (Å²) in [5.74, 6) is 0.0296. The highest BCUT2D eigenvalue weighted by Gasteiger charge is 2.27. The third kappa shape index (κ3) is 6.03. The van der Waals surface area contributed by atoms with Gasteiger partial charge in [0.05, 0.1) is 5.69 Å². The number of Topliss-reactive ketones (excluding diaryl/α,β-unsaturated/α-hetero) is 1. The average Bonchev–Trinajstić information content (AvgIpc) is 2.50. The van der Waals surface area contributed by atoms with Crippen LogP contribution < -0.4 is 10.7 Å². The fourth-order valence-corrected chi connectivity index (χ4v) is 2.69. The van der Waals surface area contributed by atoms with E-state index in [1.54, 1.807) is 18.2 Å². The summed E-state index contributed by atoms with van der Waals surface area (Å²) in [5.41, 5.74) is 3.64. The second kappa shape index (κ2) is 8.21. The molecule has 0 spiro atoms. The van der Waals surface area contributed by atoms with Crippen LogP contribution in [0.3, 0.4) is 0 Å². The molecule has 0 saturated carbocycles. The molecule has 0 saturated heterocycles. The molecule has 25 heavy (non-hydrogen) atoms. The van der Waals surface area contributed by atoms with Crippen LogP contribution in [0, 0.1) is 5.41 Å². The van der Waals surface area contributed by atoms with Crippen molar-refractivity contribution in [1.82, 2.24) is 0 Å². The van der Waals surface area contributed by atoms with Gasteiger partial charge in [0, 0.05) is 25.6 Å². The van der Waals surface area contributed by atoms with Gasteiger partial charge in [-0.1, -0.05) is 59.9 Å². The molecule has 0 unspecified atom stereocenters. The summed E-state index contributed by atoms with van der Waals surface area (Å²) in [6.07, 6.45) is 0. The molecule has 0 fully saturated rings. The van der Waals surface area contributed by atoms with E-state index in [4.69, 9.17) is 23.2 Å². The first-order chi connectivity index (χ1) is 11.6. The van der Waals surface area contributed by atoms with Crippen molar-refractivity contribution in [2.45, 2.75) is 20.8 Å². The molecule has 0 bridgehead atoms. The average molecular weight is 443 g/mol. The molecule has 0 aliphatic rings. The Morgan fingerprint density at radius 2 is 1.56 bits per heavy atom. The first kappa shape index (κ1) is 19.8. The monoisotopic (exact) mass is 441 g/mol. The number of nitrogens with zero attached hydrogens (tertiary/aromatic N) is 1. The van der Waals surface area contributed by atoms with E-state index in [0.29, 0.717) is 15.7 Å². The van der Waals surface area contributed by atoms with E-state index in [-0.39, 0.29) is 11.6 Å². The molecule has 0 radical (unpaired) electrons. The van der Waals surface area contributed by atoms with Crippen LogP contribution >= 0.6 is 39.1 Å². The van der Waals surface area contributed by atoms with Crippen molar-refractivity contribution < 1.29 is 4.79 Å². The Labute approximate surface area is 165 Å². The fraction of sp³-hybridized carbons (Fsp3) is 0.222. The van der Waals surface area contributed by atoms with Crippen LogP contribution in [-0.2, 0) is 4.79 Å². The normalized spacial score (nSPS) is 12.0. The van der Waals surface area contributed by atoms with E-state index in [1.807, 2.05) is 45.0 Å². The molecule has 0 atom stereocenters. The highest BCUT2D eigenvalue weighted by molar-refractivity contribution is 9.10. The van der Waals surface area contributed by atoms with Gasteiger partial charge in [0.15, 0.2) is 5.84 Å². The zero-order valence-corrected chi connectivity index (χ0v) is 17.1. The van der Waals surface area contributed by atoms with Gasteiger partial charge in [-0.2, -0.15) is 5.10 Å². The number of nitrogens with one attached hydrogen (secondary N) is 2. The van der Waals surface area contributed by atoms with Crippen molar-refractivity contribution in [3.63, 3.8) is 0 Å². The number of carbonyl (C=O) groups is 1. The molecule has 132 valence electrons. The minimum absolute atomic E-state index is 0.145. The van der Waals surface area contributed by atoms with Crippen molar-refractivity contribution in [2.75, 3.05) is 10.7 Å². The van der Waals surface area contributed by atoms with Gasteiger partial charge < -0.3 is 5.32 Å². The molecule has 2 N–H and O–H groups in total. The van der Waals surface area contributed by atoms with Crippen molar-refractivity contribution in [2.24, 2.45) is 10.5 Å². The quantitative estimate of drug-likeness (QED) is 0.336. The van der Waals surface area contributed by atoms with E-state index in [9.17, 15) is 4.79 Å². The maximum absolute atomic E-state index is 12.7. The maximum atomic E-state index is 12.7. The maximum Gasteiger partial charge on any atom is 0.205 e. The molecular formula is C18H18BrCl2N3O. The molecule has 0 heterocycles. The topological polar surface area (TPSA) is 53.5 Å². The SMILES string of the molecule is CC(C)(C)C(=O)/C(=N/Nc1ccc(Br)cc1)Nc1cc(Cl)cc(Cl)c1. The Kier molecular flexibility index (Phi) is 6.49. The number of hydrogen-bond donors (Lipinski definition) is 2. The summed E-state index contributed by atoms with van der Waals surface area (Å²) in [6.45, 7) is 5.49. The van der Waals surface area contributed by atoms with Crippen LogP contribution in [0.1, 0.15) is 20.8 Å². The number of rotatable bonds is 4. The number of amidine groups is 1. The number of halogens is 3. The summed E-state index contributed by atoms with van der Waals surface area (Å²) in [4.78, 5) is 12.7. The van der Waals surface area contributed by atoms with Crippen LogP contribution in [0.4, 0.5) is 11.4 Å².